The van der Waals surface area contributed by atoms with Crippen molar-refractivity contribution in [1.29, 1.82) is 0 Å². The largest absolute Gasteiger partial charge is 0.439 e. The van der Waals surface area contributed by atoms with E-state index in [0.717, 1.165) is 23.9 Å². The summed E-state index contributed by atoms with van der Waals surface area (Å²) in [4.78, 5) is 49.7. The summed E-state index contributed by atoms with van der Waals surface area (Å²) in [5.74, 6) is 0.866. The smallest absolute Gasteiger partial charge is 0.321 e. The van der Waals surface area contributed by atoms with Gasteiger partial charge in [0, 0.05) is 37.9 Å². The number of para-hydroxylation sites is 2. The van der Waals surface area contributed by atoms with Crippen molar-refractivity contribution in [1.82, 2.24) is 20.2 Å². The van der Waals surface area contributed by atoms with Gasteiger partial charge in [-0.05, 0) is 48.5 Å². The van der Waals surface area contributed by atoms with Crippen LogP contribution in [0.1, 0.15) is 12.1 Å². The fourth-order valence-electron chi connectivity index (χ4n) is 3.91. The summed E-state index contributed by atoms with van der Waals surface area (Å²) in [5, 5.41) is 4.75. The number of nitrogens with one attached hydrogen (secondary N) is 2. The van der Waals surface area contributed by atoms with Gasteiger partial charge in [0.05, 0.1) is 10.6 Å². The molecule has 4 amide bonds. The Balaban J connectivity index is 1.36. The minimum absolute atomic E-state index is 0.158. The minimum Gasteiger partial charge on any atom is -0.439 e. The van der Waals surface area contributed by atoms with Crippen LogP contribution in [-0.4, -0.2) is 58.2 Å². The number of amides is 4. The first kappa shape index (κ1) is 24.3. The highest BCUT2D eigenvalue weighted by Gasteiger charge is 2.26. The van der Waals surface area contributed by atoms with Crippen LogP contribution < -0.4 is 20.3 Å². The lowest BCUT2D eigenvalue weighted by Gasteiger charge is -2.23. The van der Waals surface area contributed by atoms with E-state index in [4.69, 9.17) is 4.74 Å². The van der Waals surface area contributed by atoms with Gasteiger partial charge in [0.1, 0.15) is 5.75 Å². The first-order valence-corrected chi connectivity index (χ1v) is 12.6. The van der Waals surface area contributed by atoms with Crippen LogP contribution in [-0.2, 0) is 4.79 Å². The Labute approximate surface area is 217 Å². The van der Waals surface area contributed by atoms with Crippen LogP contribution in [0.4, 0.5) is 21.2 Å². The van der Waals surface area contributed by atoms with E-state index in [2.05, 4.69) is 20.6 Å². The topological polar surface area (TPSA) is 117 Å². The molecule has 0 saturated carbocycles. The van der Waals surface area contributed by atoms with E-state index in [0.29, 0.717) is 49.5 Å². The Hall–Kier alpha value is -4.38. The van der Waals surface area contributed by atoms with Crippen LogP contribution >= 0.6 is 11.8 Å². The fourth-order valence-corrected chi connectivity index (χ4v) is 4.57. The predicted octanol–water partition coefficient (Wildman–Crippen LogP) is 4.34. The van der Waals surface area contributed by atoms with Crippen molar-refractivity contribution in [3.63, 3.8) is 0 Å². The predicted molar refractivity (Wildman–Crippen MR) is 142 cm³/mol. The molecule has 10 nitrogen and oxygen atoms in total. The van der Waals surface area contributed by atoms with Crippen LogP contribution in [0.3, 0.4) is 0 Å². The zero-order chi connectivity index (χ0) is 25.6. The van der Waals surface area contributed by atoms with Gasteiger partial charge in [0.2, 0.25) is 11.8 Å². The maximum absolute atomic E-state index is 12.8. The first-order valence-electron chi connectivity index (χ1n) is 11.8. The molecule has 2 saturated heterocycles. The van der Waals surface area contributed by atoms with Crippen LogP contribution in [0.25, 0.3) is 6.08 Å². The molecule has 0 radical (unpaired) electrons. The quantitative estimate of drug-likeness (QED) is 0.481. The molecule has 3 heterocycles. The van der Waals surface area contributed by atoms with E-state index >= 15 is 0 Å². The molecule has 11 heteroatoms. The lowest BCUT2D eigenvalue weighted by Crippen LogP contribution is -2.38. The van der Waals surface area contributed by atoms with Gasteiger partial charge in [-0.2, -0.15) is 4.98 Å². The average molecular weight is 517 g/mol. The van der Waals surface area contributed by atoms with Gasteiger partial charge in [-0.1, -0.05) is 36.4 Å². The molecule has 2 fully saturated rings. The molecule has 2 aromatic carbocycles. The number of hydrogen-bond donors (Lipinski definition) is 2. The van der Waals surface area contributed by atoms with E-state index in [9.17, 15) is 14.4 Å². The lowest BCUT2D eigenvalue weighted by atomic mass is 10.3. The molecular weight excluding hydrogens is 492 g/mol. The average Bonchev–Trinajstić information content (AvgIpc) is 3.07. The van der Waals surface area contributed by atoms with Crippen LogP contribution in [0.2, 0.25) is 0 Å². The lowest BCUT2D eigenvalue weighted by molar-refractivity contribution is -0.115. The third kappa shape index (κ3) is 6.25. The number of urea groups is 1. The van der Waals surface area contributed by atoms with Crippen LogP contribution in [0.15, 0.2) is 71.6 Å². The van der Waals surface area contributed by atoms with Gasteiger partial charge in [-0.3, -0.25) is 14.9 Å². The third-order valence-corrected chi connectivity index (χ3v) is 6.50. The molecule has 0 spiro atoms. The third-order valence-electron chi connectivity index (χ3n) is 5.69. The molecule has 1 aromatic heterocycles. The molecule has 0 atom stereocenters. The van der Waals surface area contributed by atoms with Gasteiger partial charge in [-0.15, -0.1) is 0 Å². The number of hydrogen-bond acceptors (Lipinski definition) is 8. The normalized spacial score (nSPS) is 16.9. The molecule has 0 aliphatic carbocycles. The molecule has 188 valence electrons. The number of aromatic nitrogens is 2. The zero-order valence-electron chi connectivity index (χ0n) is 19.8. The summed E-state index contributed by atoms with van der Waals surface area (Å²) in [7, 11) is 0. The van der Waals surface area contributed by atoms with Gasteiger partial charge in [0.15, 0.2) is 0 Å². The molecule has 5 rings (SSSR count). The number of anilines is 2. The summed E-state index contributed by atoms with van der Waals surface area (Å²) < 4.78 is 5.96. The molecule has 0 unspecified atom stereocenters. The molecule has 2 aliphatic rings. The maximum Gasteiger partial charge on any atom is 0.321 e. The Morgan fingerprint density at radius 3 is 2.46 bits per heavy atom. The Kier molecular flexibility index (Phi) is 7.31. The van der Waals surface area contributed by atoms with E-state index in [-0.39, 0.29) is 10.9 Å². The Morgan fingerprint density at radius 2 is 1.73 bits per heavy atom. The van der Waals surface area contributed by atoms with Crippen molar-refractivity contribution in [2.45, 2.75) is 6.42 Å². The molecule has 0 bridgehead atoms. The van der Waals surface area contributed by atoms with Gasteiger partial charge >= 0.3 is 6.03 Å². The number of nitrogens with zero attached hydrogens (tertiary/aromatic N) is 4. The van der Waals surface area contributed by atoms with Crippen molar-refractivity contribution < 1.29 is 19.1 Å². The highest BCUT2D eigenvalue weighted by molar-refractivity contribution is 8.18. The highest BCUT2D eigenvalue weighted by Crippen LogP contribution is 2.28. The second-order valence-corrected chi connectivity index (χ2v) is 9.34. The van der Waals surface area contributed by atoms with Gasteiger partial charge < -0.3 is 19.9 Å². The van der Waals surface area contributed by atoms with Crippen molar-refractivity contribution in [2.24, 2.45) is 0 Å². The van der Waals surface area contributed by atoms with E-state index in [1.165, 1.54) is 0 Å². The van der Waals surface area contributed by atoms with Crippen molar-refractivity contribution in [2.75, 3.05) is 36.4 Å². The summed E-state index contributed by atoms with van der Waals surface area (Å²) in [6.45, 7) is 2.22. The van der Waals surface area contributed by atoms with Crippen molar-refractivity contribution in [3.05, 3.63) is 77.3 Å². The summed E-state index contributed by atoms with van der Waals surface area (Å²) in [6, 6.07) is 20.0. The number of ether oxygens (including phenoxy) is 1. The SMILES string of the molecule is O=C1NC(=O)C(=Cc2cc(Oc3ccccc3)nc(N3CCCN(C(=O)Nc4ccccc4)CC3)n2)S1. The zero-order valence-corrected chi connectivity index (χ0v) is 20.6. The van der Waals surface area contributed by atoms with Crippen LogP contribution in [0.5, 0.6) is 11.6 Å². The van der Waals surface area contributed by atoms with E-state index in [1.54, 1.807) is 17.0 Å². The van der Waals surface area contributed by atoms with E-state index < -0.39 is 11.1 Å². The fraction of sp³-hybridized carbons (Fsp3) is 0.192. The number of rotatable bonds is 5. The van der Waals surface area contributed by atoms with E-state index in [1.807, 2.05) is 65.6 Å². The number of thioether (sulfide) groups is 1. The van der Waals surface area contributed by atoms with Crippen LogP contribution in [0, 0.1) is 0 Å². The molecule has 3 aromatic rings. The summed E-state index contributed by atoms with van der Waals surface area (Å²) >= 11 is 0.823. The monoisotopic (exact) mass is 516 g/mol. The maximum atomic E-state index is 12.8. The highest BCUT2D eigenvalue weighted by atomic mass is 32.2. The number of imide groups is 1. The van der Waals surface area contributed by atoms with Gasteiger partial charge in [-0.25, -0.2) is 9.78 Å². The second-order valence-electron chi connectivity index (χ2n) is 8.32. The van der Waals surface area contributed by atoms with Crippen molar-refractivity contribution >= 4 is 46.7 Å². The number of carbonyl (C=O) groups excluding carboxylic acids is 3. The number of carbonyl (C=O) groups is 3. The minimum atomic E-state index is -0.462. The second kappa shape index (κ2) is 11.1. The molecule has 2 N–H and O–H groups in total. The summed E-state index contributed by atoms with van der Waals surface area (Å²) in [6.07, 6.45) is 2.27. The molecule has 37 heavy (non-hydrogen) atoms. The molecule has 2 aliphatic heterocycles. The standard InChI is InChI=1S/C26H24N6O4S/c33-23-21(37-26(35)30-23)16-19-17-22(36-20-10-5-2-6-11-20)29-24(27-19)31-12-7-13-32(15-14-31)25(34)28-18-8-3-1-4-9-18/h1-6,8-11,16-17H,7,12-15H2,(H,28,34)(H,30,33,35). The first-order chi connectivity index (χ1) is 18.0. The Morgan fingerprint density at radius 1 is 0.973 bits per heavy atom. The molecular formula is C26H24N6O4S. The number of benzene rings is 2. The van der Waals surface area contributed by atoms with Crippen molar-refractivity contribution in [3.8, 4) is 11.6 Å². The Bertz CT molecular complexity index is 1340. The summed E-state index contributed by atoms with van der Waals surface area (Å²) in [5.41, 5.74) is 1.18. The van der Waals surface area contributed by atoms with Gasteiger partial charge in [0.25, 0.3) is 11.1 Å².